The van der Waals surface area contributed by atoms with E-state index in [1.165, 1.54) is 18.4 Å². The van der Waals surface area contributed by atoms with E-state index in [1.807, 2.05) is 6.08 Å². The van der Waals surface area contributed by atoms with Crippen molar-refractivity contribution in [1.29, 1.82) is 0 Å². The van der Waals surface area contributed by atoms with Gasteiger partial charge in [-0.3, -0.25) is 0 Å². The molecule has 0 saturated heterocycles. The molecule has 0 spiro atoms. The quantitative estimate of drug-likeness (QED) is 0.542. The molecule has 0 aromatic rings. The Morgan fingerprint density at radius 3 is 2.80 bits per heavy atom. The molecule has 0 aromatic carbocycles. The molecular formula is C7H13BrClN. The summed E-state index contributed by atoms with van der Waals surface area (Å²) in [5.41, 5.74) is 1.54. The van der Waals surface area contributed by atoms with Crippen LogP contribution in [-0.4, -0.2) is 18.4 Å². The number of alkyl halides is 1. The van der Waals surface area contributed by atoms with E-state index >= 15 is 0 Å². The largest absolute Gasteiger partial charge is 0.313 e. The molecule has 0 rings (SSSR count). The van der Waals surface area contributed by atoms with E-state index in [0.29, 0.717) is 0 Å². The highest BCUT2D eigenvalue weighted by molar-refractivity contribution is 9.09. The molecule has 0 aliphatic carbocycles. The van der Waals surface area contributed by atoms with Crippen molar-refractivity contribution < 1.29 is 0 Å². The van der Waals surface area contributed by atoms with Crippen LogP contribution in [0.15, 0.2) is 11.6 Å². The van der Waals surface area contributed by atoms with E-state index < -0.39 is 0 Å². The Hall–Kier alpha value is 0.470. The summed E-state index contributed by atoms with van der Waals surface area (Å²) in [4.78, 5) is 0. The number of unbranched alkanes of at least 4 members (excludes halogenated alkanes) is 1. The topological polar surface area (TPSA) is 12.0 Å². The van der Waals surface area contributed by atoms with Crippen LogP contribution in [0.3, 0.4) is 0 Å². The Bertz CT molecular complexity index is 85.7. The summed E-state index contributed by atoms with van der Waals surface area (Å²) in [5, 5.41) is 4.33. The third-order valence-corrected chi connectivity index (χ3v) is 1.83. The molecule has 0 aliphatic heterocycles. The van der Waals surface area contributed by atoms with Gasteiger partial charge in [-0.2, -0.15) is 0 Å². The van der Waals surface area contributed by atoms with Gasteiger partial charge < -0.3 is 5.32 Å². The highest BCUT2D eigenvalue weighted by atomic mass is 79.9. The van der Waals surface area contributed by atoms with Gasteiger partial charge in [-0.1, -0.05) is 33.6 Å². The highest BCUT2D eigenvalue weighted by Gasteiger charge is 1.83. The summed E-state index contributed by atoms with van der Waals surface area (Å²) < 4.78 is 0. The SMILES string of the molecule is Cl/C=C/CNCCCCBr. The zero-order valence-corrected chi connectivity index (χ0v) is 8.29. The molecule has 3 heteroatoms. The maximum atomic E-state index is 5.31. The molecule has 0 fully saturated rings. The van der Waals surface area contributed by atoms with Crippen molar-refractivity contribution in [1.82, 2.24) is 5.32 Å². The minimum atomic E-state index is 0.881. The predicted molar refractivity (Wildman–Crippen MR) is 50.9 cm³/mol. The Kier molecular flexibility index (Phi) is 9.92. The van der Waals surface area contributed by atoms with E-state index in [-0.39, 0.29) is 0 Å². The maximum Gasteiger partial charge on any atom is 0.0146 e. The van der Waals surface area contributed by atoms with Gasteiger partial charge in [-0.05, 0) is 19.4 Å². The van der Waals surface area contributed by atoms with Crippen LogP contribution in [0.5, 0.6) is 0 Å². The van der Waals surface area contributed by atoms with Crippen molar-refractivity contribution in [2.45, 2.75) is 12.8 Å². The Morgan fingerprint density at radius 1 is 1.40 bits per heavy atom. The average molecular weight is 227 g/mol. The molecule has 0 saturated carbocycles. The van der Waals surface area contributed by atoms with Gasteiger partial charge in [0.25, 0.3) is 0 Å². The third-order valence-electron chi connectivity index (χ3n) is 1.09. The van der Waals surface area contributed by atoms with Gasteiger partial charge >= 0.3 is 0 Å². The number of halogens is 2. The summed E-state index contributed by atoms with van der Waals surface area (Å²) >= 11 is 8.68. The van der Waals surface area contributed by atoms with E-state index in [2.05, 4.69) is 21.2 Å². The molecule has 60 valence electrons. The number of nitrogens with one attached hydrogen (secondary N) is 1. The lowest BCUT2D eigenvalue weighted by Gasteiger charge is -1.97. The molecule has 0 aromatic heterocycles. The molecule has 10 heavy (non-hydrogen) atoms. The van der Waals surface area contributed by atoms with E-state index in [0.717, 1.165) is 18.4 Å². The van der Waals surface area contributed by atoms with Crippen molar-refractivity contribution in [3.63, 3.8) is 0 Å². The monoisotopic (exact) mass is 225 g/mol. The predicted octanol–water partition coefficient (Wildman–Crippen LogP) is 2.50. The van der Waals surface area contributed by atoms with Crippen molar-refractivity contribution >= 4 is 27.5 Å². The van der Waals surface area contributed by atoms with Gasteiger partial charge in [0.1, 0.15) is 0 Å². The smallest absolute Gasteiger partial charge is 0.0146 e. The number of hydrogen-bond donors (Lipinski definition) is 1. The van der Waals surface area contributed by atoms with Gasteiger partial charge in [0.15, 0.2) is 0 Å². The van der Waals surface area contributed by atoms with Gasteiger partial charge in [0, 0.05) is 17.4 Å². The Balaban J connectivity index is 2.77. The van der Waals surface area contributed by atoms with Crippen LogP contribution < -0.4 is 5.32 Å². The van der Waals surface area contributed by atoms with E-state index in [4.69, 9.17) is 11.6 Å². The second-order valence-electron chi connectivity index (χ2n) is 1.96. The van der Waals surface area contributed by atoms with Crippen molar-refractivity contribution in [2.24, 2.45) is 0 Å². The van der Waals surface area contributed by atoms with E-state index in [1.54, 1.807) is 0 Å². The zero-order chi connectivity index (χ0) is 7.66. The number of rotatable bonds is 6. The lowest BCUT2D eigenvalue weighted by atomic mass is 10.3. The second kappa shape index (κ2) is 9.47. The molecule has 0 radical (unpaired) electrons. The third kappa shape index (κ3) is 8.47. The van der Waals surface area contributed by atoms with Crippen LogP contribution in [0, 0.1) is 0 Å². The van der Waals surface area contributed by atoms with Crippen LogP contribution in [0.2, 0.25) is 0 Å². The molecule has 1 N–H and O–H groups in total. The molecular weight excluding hydrogens is 213 g/mol. The first-order valence-electron chi connectivity index (χ1n) is 3.43. The lowest BCUT2D eigenvalue weighted by molar-refractivity contribution is 0.686. The molecule has 0 atom stereocenters. The minimum Gasteiger partial charge on any atom is -0.313 e. The van der Waals surface area contributed by atoms with Gasteiger partial charge in [-0.25, -0.2) is 0 Å². The fourth-order valence-corrected chi connectivity index (χ4v) is 1.06. The first-order valence-corrected chi connectivity index (χ1v) is 4.99. The molecule has 0 unspecified atom stereocenters. The molecule has 0 heterocycles. The van der Waals surface area contributed by atoms with Crippen LogP contribution in [0.1, 0.15) is 12.8 Å². The van der Waals surface area contributed by atoms with Crippen molar-refractivity contribution in [2.75, 3.05) is 18.4 Å². The second-order valence-corrected chi connectivity index (χ2v) is 3.01. The molecule has 0 aliphatic rings. The van der Waals surface area contributed by atoms with E-state index in [9.17, 15) is 0 Å². The summed E-state index contributed by atoms with van der Waals surface area (Å²) in [6, 6.07) is 0. The fraction of sp³-hybridized carbons (Fsp3) is 0.714. The van der Waals surface area contributed by atoms with Crippen LogP contribution >= 0.6 is 27.5 Å². The Labute approximate surface area is 76.0 Å². The van der Waals surface area contributed by atoms with Gasteiger partial charge in [0.05, 0.1) is 0 Å². The number of hydrogen-bond acceptors (Lipinski definition) is 1. The van der Waals surface area contributed by atoms with Crippen LogP contribution in [0.25, 0.3) is 0 Å². The van der Waals surface area contributed by atoms with Crippen LogP contribution in [0.4, 0.5) is 0 Å². The summed E-state index contributed by atoms with van der Waals surface area (Å²) in [6.07, 6.45) is 4.36. The lowest BCUT2D eigenvalue weighted by Crippen LogP contribution is -2.14. The summed E-state index contributed by atoms with van der Waals surface area (Å²) in [5.74, 6) is 0. The molecule has 0 amide bonds. The Morgan fingerprint density at radius 2 is 2.20 bits per heavy atom. The van der Waals surface area contributed by atoms with Gasteiger partial charge in [0.2, 0.25) is 0 Å². The minimum absolute atomic E-state index is 0.881. The maximum absolute atomic E-state index is 5.31. The van der Waals surface area contributed by atoms with Gasteiger partial charge in [-0.15, -0.1) is 0 Å². The average Bonchev–Trinajstić information content (AvgIpc) is 1.97. The highest BCUT2D eigenvalue weighted by Crippen LogP contribution is 1.91. The van der Waals surface area contributed by atoms with Crippen molar-refractivity contribution in [3.8, 4) is 0 Å². The normalized spacial score (nSPS) is 11.0. The first kappa shape index (κ1) is 10.5. The van der Waals surface area contributed by atoms with Crippen molar-refractivity contribution in [3.05, 3.63) is 11.6 Å². The van der Waals surface area contributed by atoms with Crippen LogP contribution in [-0.2, 0) is 0 Å². The fourth-order valence-electron chi connectivity index (χ4n) is 0.574. The summed E-state index contributed by atoms with van der Waals surface area (Å²) in [6.45, 7) is 1.96. The molecule has 1 nitrogen and oxygen atoms in total. The summed E-state index contributed by atoms with van der Waals surface area (Å²) in [7, 11) is 0. The first-order chi connectivity index (χ1) is 4.91. The molecule has 0 bridgehead atoms. The standard InChI is InChI=1S/C7H13BrClN/c8-4-1-2-6-10-7-3-5-9/h3,5,10H,1-2,4,6-7H2/b5-3+. The zero-order valence-electron chi connectivity index (χ0n) is 5.95.